The van der Waals surface area contributed by atoms with Crippen LogP contribution in [0.25, 0.3) is 10.9 Å². The fourth-order valence-electron chi connectivity index (χ4n) is 3.59. The molecule has 0 spiro atoms. The lowest BCUT2D eigenvalue weighted by Crippen LogP contribution is -2.45. The molecule has 0 aliphatic carbocycles. The summed E-state index contributed by atoms with van der Waals surface area (Å²) < 4.78 is 23.3. The summed E-state index contributed by atoms with van der Waals surface area (Å²) >= 11 is 6.16. The summed E-state index contributed by atoms with van der Waals surface area (Å²) in [6.45, 7) is 0. The van der Waals surface area contributed by atoms with Gasteiger partial charge in [-0.25, -0.2) is 13.6 Å². The number of hydrogen-bond donors (Lipinski definition) is 4. The molecule has 4 aromatic rings. The molecule has 0 unspecified atom stereocenters. The maximum Gasteiger partial charge on any atom is 0.253 e. The van der Waals surface area contributed by atoms with Crippen LogP contribution < -0.4 is 15.8 Å². The summed E-state index contributed by atoms with van der Waals surface area (Å²) in [4.78, 5) is 29.2. The molecule has 5 N–H and O–H groups in total. The Labute approximate surface area is 201 Å². The van der Waals surface area contributed by atoms with Crippen molar-refractivity contribution < 1.29 is 18.0 Å². The minimum atomic E-state index is -3.95. The summed E-state index contributed by atoms with van der Waals surface area (Å²) in [5, 5.41) is 11.8. The molecule has 8 nitrogen and oxygen atoms in total. The standard InChI is InChI=1S/C24H21ClN4O4S/c25-20-10-3-1-9-19(20)23(30)29-22(12-15-14-27-21-11-4-2-8-18(15)21)24(31)28-16-6-5-7-17(13-16)34(26,32)33/h1-11,13-14,22,27H,12H2,(H,28,31)(H,29,30)(H2,26,32,33)/t22-/m0/s1. The lowest BCUT2D eigenvalue weighted by Gasteiger charge is -2.19. The van der Waals surface area contributed by atoms with Crippen molar-refractivity contribution in [1.29, 1.82) is 0 Å². The van der Waals surface area contributed by atoms with Crippen molar-refractivity contribution in [3.8, 4) is 0 Å². The molecule has 3 aromatic carbocycles. The quantitative estimate of drug-likeness (QED) is 0.311. The molecule has 0 bridgehead atoms. The fraction of sp³-hybridized carbons (Fsp3) is 0.0833. The van der Waals surface area contributed by atoms with Gasteiger partial charge in [-0.3, -0.25) is 9.59 Å². The zero-order valence-corrected chi connectivity index (χ0v) is 19.4. The second-order valence-electron chi connectivity index (χ2n) is 7.63. The summed E-state index contributed by atoms with van der Waals surface area (Å²) in [6, 6.07) is 18.7. The highest BCUT2D eigenvalue weighted by atomic mass is 35.5. The van der Waals surface area contributed by atoms with E-state index < -0.39 is 27.9 Å². The number of anilines is 1. The molecule has 4 rings (SSSR count). The number of fused-ring (bicyclic) bond motifs is 1. The van der Waals surface area contributed by atoms with Crippen LogP contribution in [0.3, 0.4) is 0 Å². The largest absolute Gasteiger partial charge is 0.361 e. The first-order valence-electron chi connectivity index (χ1n) is 10.3. The van der Waals surface area contributed by atoms with Crippen molar-refractivity contribution in [1.82, 2.24) is 10.3 Å². The molecule has 0 saturated carbocycles. The van der Waals surface area contributed by atoms with Gasteiger partial charge in [0.1, 0.15) is 6.04 Å². The van der Waals surface area contributed by atoms with Crippen molar-refractivity contribution in [3.63, 3.8) is 0 Å². The van der Waals surface area contributed by atoms with Gasteiger partial charge in [0.25, 0.3) is 5.91 Å². The minimum absolute atomic E-state index is 0.140. The molecule has 1 atom stereocenters. The maximum atomic E-state index is 13.2. The molecule has 34 heavy (non-hydrogen) atoms. The molecular weight excluding hydrogens is 476 g/mol. The number of carbonyl (C=O) groups excluding carboxylic acids is 2. The van der Waals surface area contributed by atoms with E-state index in [0.29, 0.717) is 0 Å². The van der Waals surface area contributed by atoms with Crippen LogP contribution >= 0.6 is 11.6 Å². The van der Waals surface area contributed by atoms with Crippen LogP contribution in [0.5, 0.6) is 0 Å². The Balaban J connectivity index is 1.63. The predicted octanol–water partition coefficient (Wildman–Crippen LogP) is 3.45. The van der Waals surface area contributed by atoms with Crippen molar-refractivity contribution in [2.24, 2.45) is 5.14 Å². The highest BCUT2D eigenvalue weighted by Crippen LogP contribution is 2.21. The highest BCUT2D eigenvalue weighted by molar-refractivity contribution is 7.89. The Kier molecular flexibility index (Phi) is 6.69. The van der Waals surface area contributed by atoms with Gasteiger partial charge < -0.3 is 15.6 Å². The first-order valence-corrected chi connectivity index (χ1v) is 12.2. The van der Waals surface area contributed by atoms with Crippen LogP contribution in [-0.4, -0.2) is 31.3 Å². The number of H-pyrrole nitrogens is 1. The van der Waals surface area contributed by atoms with Gasteiger partial charge in [-0.1, -0.05) is 48.0 Å². The average molecular weight is 497 g/mol. The molecule has 10 heteroatoms. The number of benzene rings is 3. The van der Waals surface area contributed by atoms with E-state index >= 15 is 0 Å². The van der Waals surface area contributed by atoms with Gasteiger partial charge in [-0.2, -0.15) is 0 Å². The first kappa shape index (κ1) is 23.5. The number of primary sulfonamides is 1. The number of rotatable bonds is 7. The molecule has 0 aliphatic heterocycles. The van der Waals surface area contributed by atoms with Gasteiger partial charge >= 0.3 is 0 Å². The van der Waals surface area contributed by atoms with Gasteiger partial charge in [0.2, 0.25) is 15.9 Å². The van der Waals surface area contributed by atoms with Crippen LogP contribution in [0.2, 0.25) is 5.02 Å². The smallest absolute Gasteiger partial charge is 0.253 e. The zero-order valence-electron chi connectivity index (χ0n) is 17.8. The lowest BCUT2D eigenvalue weighted by atomic mass is 10.0. The minimum Gasteiger partial charge on any atom is -0.361 e. The molecular formula is C24H21ClN4O4S. The maximum absolute atomic E-state index is 13.2. The van der Waals surface area contributed by atoms with E-state index in [9.17, 15) is 18.0 Å². The van der Waals surface area contributed by atoms with E-state index in [2.05, 4.69) is 15.6 Å². The van der Waals surface area contributed by atoms with Gasteiger partial charge in [-0.05, 0) is 42.0 Å². The predicted molar refractivity (Wildman–Crippen MR) is 131 cm³/mol. The average Bonchev–Trinajstić information content (AvgIpc) is 3.21. The molecule has 1 aromatic heterocycles. The van der Waals surface area contributed by atoms with Crippen LogP contribution in [0.15, 0.2) is 83.9 Å². The molecule has 0 saturated heterocycles. The summed E-state index contributed by atoms with van der Waals surface area (Å²) in [5.74, 6) is -1.04. The van der Waals surface area contributed by atoms with Crippen molar-refractivity contribution in [3.05, 3.63) is 95.1 Å². The molecule has 0 radical (unpaired) electrons. The molecule has 1 heterocycles. The highest BCUT2D eigenvalue weighted by Gasteiger charge is 2.24. The fourth-order valence-corrected chi connectivity index (χ4v) is 4.37. The second kappa shape index (κ2) is 9.68. The number of aromatic amines is 1. The number of sulfonamides is 1. The van der Waals surface area contributed by atoms with Gasteiger partial charge in [-0.15, -0.1) is 0 Å². The number of hydrogen-bond acceptors (Lipinski definition) is 4. The second-order valence-corrected chi connectivity index (χ2v) is 9.60. The first-order chi connectivity index (χ1) is 16.2. The van der Waals surface area contributed by atoms with Crippen molar-refractivity contribution in [2.45, 2.75) is 17.4 Å². The van der Waals surface area contributed by atoms with E-state index in [1.165, 1.54) is 24.3 Å². The Hall–Kier alpha value is -3.66. The van der Waals surface area contributed by atoms with E-state index in [4.69, 9.17) is 16.7 Å². The Morgan fingerprint density at radius 3 is 2.50 bits per heavy atom. The van der Waals surface area contributed by atoms with E-state index in [1.54, 1.807) is 30.5 Å². The van der Waals surface area contributed by atoms with Crippen LogP contribution in [-0.2, 0) is 21.2 Å². The van der Waals surface area contributed by atoms with Gasteiger partial charge in [0.05, 0.1) is 15.5 Å². The van der Waals surface area contributed by atoms with Gasteiger partial charge in [0.15, 0.2) is 0 Å². The van der Waals surface area contributed by atoms with E-state index in [-0.39, 0.29) is 27.6 Å². The number of aromatic nitrogens is 1. The number of halogens is 1. The Morgan fingerprint density at radius 1 is 1.00 bits per heavy atom. The molecule has 174 valence electrons. The van der Waals surface area contributed by atoms with Crippen LogP contribution in [0, 0.1) is 0 Å². The van der Waals surface area contributed by atoms with Crippen molar-refractivity contribution >= 4 is 50.0 Å². The third-order valence-electron chi connectivity index (χ3n) is 5.27. The SMILES string of the molecule is NS(=O)(=O)c1cccc(NC(=O)[C@H](Cc2c[nH]c3ccccc23)NC(=O)c2ccccc2Cl)c1. The lowest BCUT2D eigenvalue weighted by molar-refractivity contribution is -0.118. The third-order valence-corrected chi connectivity index (χ3v) is 6.51. The summed E-state index contributed by atoms with van der Waals surface area (Å²) in [5.41, 5.74) is 2.19. The monoisotopic (exact) mass is 496 g/mol. The number of nitrogens with one attached hydrogen (secondary N) is 3. The Morgan fingerprint density at radius 2 is 1.74 bits per heavy atom. The van der Waals surface area contributed by atoms with E-state index in [1.807, 2.05) is 24.3 Å². The van der Waals surface area contributed by atoms with Crippen molar-refractivity contribution in [2.75, 3.05) is 5.32 Å². The van der Waals surface area contributed by atoms with Crippen LogP contribution in [0.1, 0.15) is 15.9 Å². The normalized spacial score (nSPS) is 12.3. The number of carbonyl (C=O) groups is 2. The van der Waals surface area contributed by atoms with Gasteiger partial charge in [0, 0.05) is 29.2 Å². The zero-order chi connectivity index (χ0) is 24.3. The number of amides is 2. The molecule has 2 amide bonds. The molecule has 0 aliphatic rings. The summed E-state index contributed by atoms with van der Waals surface area (Å²) in [7, 11) is -3.95. The molecule has 0 fully saturated rings. The summed E-state index contributed by atoms with van der Waals surface area (Å²) in [6.07, 6.45) is 1.97. The van der Waals surface area contributed by atoms with Crippen LogP contribution in [0.4, 0.5) is 5.69 Å². The Bertz CT molecular complexity index is 1480. The topological polar surface area (TPSA) is 134 Å². The third kappa shape index (κ3) is 5.28. The van der Waals surface area contributed by atoms with E-state index in [0.717, 1.165) is 16.5 Å². The number of para-hydroxylation sites is 1. The number of nitrogens with two attached hydrogens (primary N) is 1.